The highest BCUT2D eigenvalue weighted by molar-refractivity contribution is 5.80. The summed E-state index contributed by atoms with van der Waals surface area (Å²) in [5.74, 6) is -0.00830. The lowest BCUT2D eigenvalue weighted by molar-refractivity contribution is -0.168. The molecule has 0 amide bonds. The zero-order valence-electron chi connectivity index (χ0n) is 16.5. The summed E-state index contributed by atoms with van der Waals surface area (Å²) >= 11 is 0. The van der Waals surface area contributed by atoms with Crippen LogP contribution in [0.2, 0.25) is 0 Å². The molecule has 5 nitrogen and oxygen atoms in total. The van der Waals surface area contributed by atoms with Crippen molar-refractivity contribution < 1.29 is 20.1 Å². The number of carbonyl (C=O) groups is 1. The van der Waals surface area contributed by atoms with Crippen molar-refractivity contribution in [3.63, 3.8) is 0 Å². The molecule has 2 heterocycles. The number of aliphatic hydroxyl groups is 2. The molecule has 152 valence electrons. The normalized spacial score (nSPS) is 43.4. The summed E-state index contributed by atoms with van der Waals surface area (Å²) in [6.07, 6.45) is 12.4. The maximum Gasteiger partial charge on any atom is 0.324 e. The Hall–Kier alpha value is -0.910. The number of carboxylic acid groups (broad SMARTS) is 1. The monoisotopic (exact) mass is 377 g/mol. The predicted molar refractivity (Wildman–Crippen MR) is 103 cm³/mol. The van der Waals surface area contributed by atoms with Crippen molar-refractivity contribution in [2.45, 2.75) is 101 Å². The lowest BCUT2D eigenvalue weighted by Gasteiger charge is -2.54. The van der Waals surface area contributed by atoms with Gasteiger partial charge in [0.15, 0.2) is 0 Å². The molecule has 0 bridgehead atoms. The van der Waals surface area contributed by atoms with E-state index in [1.165, 1.54) is 0 Å². The minimum absolute atomic E-state index is 0.0417. The molecule has 2 saturated carbocycles. The predicted octanol–water partition coefficient (Wildman–Crippen LogP) is 2.95. The highest BCUT2D eigenvalue weighted by atomic mass is 16.4. The first-order valence-electron chi connectivity index (χ1n) is 11.0. The maximum atomic E-state index is 12.5. The Bertz CT molecular complexity index is 589. The summed E-state index contributed by atoms with van der Waals surface area (Å²) in [7, 11) is 0. The Balaban J connectivity index is 1.59. The second-order valence-corrected chi connectivity index (χ2v) is 9.40. The van der Waals surface area contributed by atoms with Gasteiger partial charge in [-0.1, -0.05) is 31.9 Å². The average molecular weight is 378 g/mol. The van der Waals surface area contributed by atoms with E-state index < -0.39 is 23.7 Å². The Morgan fingerprint density at radius 2 is 2.04 bits per heavy atom. The van der Waals surface area contributed by atoms with Crippen molar-refractivity contribution in [2.24, 2.45) is 17.8 Å². The van der Waals surface area contributed by atoms with Gasteiger partial charge in [-0.25, -0.2) is 0 Å². The molecular weight excluding hydrogens is 342 g/mol. The quantitative estimate of drug-likeness (QED) is 0.620. The number of carboxylic acids is 1. The Labute approximate surface area is 162 Å². The molecule has 0 spiro atoms. The van der Waals surface area contributed by atoms with Gasteiger partial charge in [0.25, 0.3) is 0 Å². The molecule has 2 saturated heterocycles. The molecule has 2 aliphatic heterocycles. The van der Waals surface area contributed by atoms with Crippen molar-refractivity contribution in [3.8, 4) is 0 Å². The first-order valence-corrected chi connectivity index (χ1v) is 11.0. The molecule has 5 heteroatoms. The van der Waals surface area contributed by atoms with Crippen LogP contribution in [0, 0.1) is 17.8 Å². The average Bonchev–Trinajstić information content (AvgIpc) is 3.06. The van der Waals surface area contributed by atoms with Crippen molar-refractivity contribution in [1.82, 2.24) is 4.90 Å². The van der Waals surface area contributed by atoms with E-state index in [2.05, 4.69) is 11.8 Å². The van der Waals surface area contributed by atoms with Gasteiger partial charge in [-0.3, -0.25) is 9.69 Å². The summed E-state index contributed by atoms with van der Waals surface area (Å²) in [4.78, 5) is 14.9. The topological polar surface area (TPSA) is 81.0 Å². The van der Waals surface area contributed by atoms with Gasteiger partial charge >= 0.3 is 5.97 Å². The van der Waals surface area contributed by atoms with Crippen LogP contribution in [0.3, 0.4) is 0 Å². The molecule has 0 radical (unpaired) electrons. The van der Waals surface area contributed by atoms with E-state index in [-0.39, 0.29) is 17.9 Å². The molecule has 0 aromatic rings. The summed E-state index contributed by atoms with van der Waals surface area (Å²) < 4.78 is 0. The van der Waals surface area contributed by atoms with Gasteiger partial charge in [-0.05, 0) is 63.2 Å². The lowest BCUT2D eigenvalue weighted by Crippen LogP contribution is -2.66. The largest absolute Gasteiger partial charge is 0.480 e. The summed E-state index contributed by atoms with van der Waals surface area (Å²) in [5, 5.41) is 31.1. The van der Waals surface area contributed by atoms with Crippen LogP contribution in [0.15, 0.2) is 12.2 Å². The molecule has 3 N–H and O–H groups in total. The van der Waals surface area contributed by atoms with Crippen molar-refractivity contribution in [2.75, 3.05) is 0 Å². The Morgan fingerprint density at radius 1 is 1.26 bits per heavy atom. The fourth-order valence-corrected chi connectivity index (χ4v) is 6.68. The highest BCUT2D eigenvalue weighted by Crippen LogP contribution is 2.56. The summed E-state index contributed by atoms with van der Waals surface area (Å²) in [6.45, 7) is 2.05. The number of hydrogen-bond acceptors (Lipinski definition) is 4. The van der Waals surface area contributed by atoms with Gasteiger partial charge in [0, 0.05) is 18.0 Å². The van der Waals surface area contributed by atoms with Crippen LogP contribution in [0.1, 0.15) is 71.1 Å². The van der Waals surface area contributed by atoms with E-state index in [9.17, 15) is 20.1 Å². The molecule has 7 atom stereocenters. The number of hydrogen-bond donors (Lipinski definition) is 3. The van der Waals surface area contributed by atoms with E-state index in [0.717, 1.165) is 57.8 Å². The van der Waals surface area contributed by atoms with Gasteiger partial charge in [0.1, 0.15) is 5.54 Å². The van der Waals surface area contributed by atoms with E-state index in [1.807, 2.05) is 12.2 Å². The van der Waals surface area contributed by atoms with Crippen LogP contribution in [-0.4, -0.2) is 56.0 Å². The van der Waals surface area contributed by atoms with Crippen molar-refractivity contribution >= 4 is 5.97 Å². The van der Waals surface area contributed by atoms with Crippen LogP contribution < -0.4 is 0 Å². The standard InChI is InChI=1S/C22H35NO4/c1-2-5-16(24)9-10-17-18-12-15-8-4-11-22(21(26)27,14-6-3-7-14)23(15)19(18)13-20(17)25/h9-10,14-20,24-25H,2-8,11-13H2,1H3,(H,26,27)/b10-9+/t15?,16-,17-,18-,19-,20-,22?/m1/s1. The van der Waals surface area contributed by atoms with Gasteiger partial charge in [0.2, 0.25) is 0 Å². The Morgan fingerprint density at radius 3 is 2.67 bits per heavy atom. The molecule has 2 unspecified atom stereocenters. The minimum Gasteiger partial charge on any atom is -0.480 e. The smallest absolute Gasteiger partial charge is 0.324 e. The number of aliphatic carboxylic acids is 1. The van der Waals surface area contributed by atoms with Crippen LogP contribution in [0.25, 0.3) is 0 Å². The fourth-order valence-electron chi connectivity index (χ4n) is 6.68. The minimum atomic E-state index is -0.708. The third kappa shape index (κ3) is 3.06. The molecule has 0 aromatic carbocycles. The lowest BCUT2D eigenvalue weighted by atomic mass is 9.65. The molecule has 27 heavy (non-hydrogen) atoms. The number of nitrogens with zero attached hydrogens (tertiary/aromatic N) is 1. The second kappa shape index (κ2) is 7.49. The first kappa shape index (κ1) is 19.4. The fraction of sp³-hybridized carbons (Fsp3) is 0.864. The molecule has 0 aromatic heterocycles. The number of rotatable bonds is 6. The molecule has 4 fully saturated rings. The van der Waals surface area contributed by atoms with Crippen molar-refractivity contribution in [1.29, 1.82) is 0 Å². The number of piperidine rings is 1. The van der Waals surface area contributed by atoms with Crippen LogP contribution >= 0.6 is 0 Å². The van der Waals surface area contributed by atoms with Gasteiger partial charge < -0.3 is 15.3 Å². The molecule has 2 aliphatic carbocycles. The highest BCUT2D eigenvalue weighted by Gasteiger charge is 2.63. The van der Waals surface area contributed by atoms with E-state index in [4.69, 9.17) is 0 Å². The summed E-state index contributed by atoms with van der Waals surface area (Å²) in [5.41, 5.74) is -0.708. The van der Waals surface area contributed by atoms with Crippen LogP contribution in [-0.2, 0) is 4.79 Å². The molecule has 4 aliphatic rings. The first-order chi connectivity index (χ1) is 13.0. The van der Waals surface area contributed by atoms with E-state index in [1.54, 1.807) is 0 Å². The zero-order valence-corrected chi connectivity index (χ0v) is 16.5. The third-order valence-corrected chi connectivity index (χ3v) is 8.06. The Kier molecular flexibility index (Phi) is 5.38. The second-order valence-electron chi connectivity index (χ2n) is 9.40. The summed E-state index contributed by atoms with van der Waals surface area (Å²) in [6, 6.07) is 0.509. The molecular formula is C22H35NO4. The molecule has 4 rings (SSSR count). The van der Waals surface area contributed by atoms with Gasteiger partial charge in [-0.15, -0.1) is 0 Å². The van der Waals surface area contributed by atoms with E-state index >= 15 is 0 Å². The van der Waals surface area contributed by atoms with Gasteiger partial charge in [-0.2, -0.15) is 0 Å². The van der Waals surface area contributed by atoms with Crippen LogP contribution in [0.5, 0.6) is 0 Å². The van der Waals surface area contributed by atoms with Gasteiger partial charge in [0.05, 0.1) is 12.2 Å². The SMILES string of the molecule is CCC[C@@H](O)/C=C/[C@@H]1[C@H]2CC3CCCC(C(=O)O)(C4CCC4)N3[C@@H]2C[C@H]1O. The maximum absolute atomic E-state index is 12.5. The third-order valence-electron chi connectivity index (χ3n) is 8.06. The number of aliphatic hydroxyl groups excluding tert-OH is 2. The van der Waals surface area contributed by atoms with Crippen molar-refractivity contribution in [3.05, 3.63) is 12.2 Å². The zero-order chi connectivity index (χ0) is 19.2. The van der Waals surface area contributed by atoms with E-state index in [0.29, 0.717) is 18.4 Å². The van der Waals surface area contributed by atoms with Crippen LogP contribution in [0.4, 0.5) is 0 Å². The number of fused-ring (bicyclic) bond motifs is 3.